The van der Waals surface area contributed by atoms with Crippen LogP contribution in [0.2, 0.25) is 5.02 Å². The zero-order valence-electron chi connectivity index (χ0n) is 11.6. The largest absolute Gasteiger partial charge is 0.492 e. The molecule has 0 atom stereocenters. The van der Waals surface area contributed by atoms with Gasteiger partial charge in [0.2, 0.25) is 0 Å². The fourth-order valence-electron chi connectivity index (χ4n) is 1.74. The highest BCUT2D eigenvalue weighted by molar-refractivity contribution is 6.30. The topological polar surface area (TPSA) is 68.5 Å². The van der Waals surface area contributed by atoms with Gasteiger partial charge in [-0.25, -0.2) is 4.98 Å². The predicted octanol–water partition coefficient (Wildman–Crippen LogP) is 2.47. The summed E-state index contributed by atoms with van der Waals surface area (Å²) in [5.41, 5.74) is 6.36. The number of hydrogen-bond acceptors (Lipinski definition) is 4. The van der Waals surface area contributed by atoms with E-state index in [-0.39, 0.29) is 11.6 Å². The van der Waals surface area contributed by atoms with E-state index in [1.165, 1.54) is 4.90 Å². The zero-order chi connectivity index (χ0) is 15.2. The molecule has 2 aromatic rings. The van der Waals surface area contributed by atoms with Crippen LogP contribution in [0.15, 0.2) is 42.6 Å². The number of nitrogens with zero attached hydrogens (tertiary/aromatic N) is 2. The number of pyridine rings is 1. The number of nitrogen functional groups attached to an aromatic ring is 1. The molecule has 0 aliphatic carbocycles. The van der Waals surface area contributed by atoms with E-state index >= 15 is 0 Å². The summed E-state index contributed by atoms with van der Waals surface area (Å²) >= 11 is 5.87. The van der Waals surface area contributed by atoms with Crippen LogP contribution in [0.25, 0.3) is 0 Å². The van der Waals surface area contributed by atoms with Crippen LogP contribution in [0.5, 0.6) is 5.75 Å². The molecule has 6 heteroatoms. The van der Waals surface area contributed by atoms with E-state index in [9.17, 15) is 4.79 Å². The third kappa shape index (κ3) is 4.10. The van der Waals surface area contributed by atoms with E-state index in [2.05, 4.69) is 4.98 Å². The minimum atomic E-state index is -0.234. The molecule has 0 saturated carbocycles. The first kappa shape index (κ1) is 15.1. The fourth-order valence-corrected chi connectivity index (χ4v) is 1.92. The van der Waals surface area contributed by atoms with Crippen LogP contribution < -0.4 is 10.5 Å². The van der Waals surface area contributed by atoms with Crippen molar-refractivity contribution in [1.82, 2.24) is 9.88 Å². The summed E-state index contributed by atoms with van der Waals surface area (Å²) in [6.07, 6.45) is 1.54. The molecule has 110 valence electrons. The van der Waals surface area contributed by atoms with Gasteiger partial charge >= 0.3 is 0 Å². The lowest BCUT2D eigenvalue weighted by molar-refractivity contribution is 0.0769. The molecule has 0 radical (unpaired) electrons. The van der Waals surface area contributed by atoms with Crippen molar-refractivity contribution in [1.29, 1.82) is 0 Å². The van der Waals surface area contributed by atoms with E-state index in [0.717, 1.165) is 0 Å². The van der Waals surface area contributed by atoms with Crippen LogP contribution in [0.3, 0.4) is 0 Å². The summed E-state index contributed by atoms with van der Waals surface area (Å²) < 4.78 is 5.54. The van der Waals surface area contributed by atoms with Crippen molar-refractivity contribution in [3.63, 3.8) is 0 Å². The number of carbonyl (C=O) groups excluding carboxylic acids is 1. The maximum absolute atomic E-state index is 12.2. The van der Waals surface area contributed by atoms with Gasteiger partial charge in [-0.3, -0.25) is 4.79 Å². The molecule has 1 aromatic heterocycles. The first-order chi connectivity index (χ1) is 10.1. The second-order valence-corrected chi connectivity index (χ2v) is 4.91. The maximum Gasteiger partial charge on any atom is 0.274 e. The number of rotatable bonds is 5. The van der Waals surface area contributed by atoms with Crippen molar-refractivity contribution in [3.8, 4) is 5.75 Å². The Morgan fingerprint density at radius 2 is 2.19 bits per heavy atom. The summed E-state index contributed by atoms with van der Waals surface area (Å²) in [6, 6.07) is 10.4. The molecule has 2 rings (SSSR count). The van der Waals surface area contributed by atoms with Crippen LogP contribution in [0.1, 0.15) is 10.5 Å². The Morgan fingerprint density at radius 3 is 2.90 bits per heavy atom. The van der Waals surface area contributed by atoms with Gasteiger partial charge in [-0.05, 0) is 30.3 Å². The zero-order valence-corrected chi connectivity index (χ0v) is 12.4. The molecule has 1 amide bonds. The molecular formula is C15H16ClN3O2. The number of likely N-dealkylation sites (N-methyl/N-ethyl adjacent to an activating group) is 1. The monoisotopic (exact) mass is 305 g/mol. The third-order valence-corrected chi connectivity index (χ3v) is 3.11. The van der Waals surface area contributed by atoms with Crippen molar-refractivity contribution < 1.29 is 9.53 Å². The molecule has 5 nitrogen and oxygen atoms in total. The standard InChI is InChI=1S/C15H16ClN3O2/c1-19(15(20)14-13(17)6-3-7-18-14)8-9-21-12-5-2-4-11(16)10-12/h2-7,10H,8-9,17H2,1H3. The molecule has 2 N–H and O–H groups in total. The number of nitrogens with two attached hydrogens (primary N) is 1. The van der Waals surface area contributed by atoms with Gasteiger partial charge in [0.1, 0.15) is 12.4 Å². The first-order valence-electron chi connectivity index (χ1n) is 6.42. The smallest absolute Gasteiger partial charge is 0.274 e. The molecule has 0 spiro atoms. The molecule has 0 aliphatic rings. The van der Waals surface area contributed by atoms with Crippen LogP contribution in [0.4, 0.5) is 5.69 Å². The highest BCUT2D eigenvalue weighted by Crippen LogP contribution is 2.17. The average Bonchev–Trinajstić information content (AvgIpc) is 2.47. The Hall–Kier alpha value is -2.27. The molecule has 0 bridgehead atoms. The number of carbonyl (C=O) groups is 1. The lowest BCUT2D eigenvalue weighted by atomic mass is 10.2. The van der Waals surface area contributed by atoms with Gasteiger partial charge in [0.15, 0.2) is 5.69 Å². The van der Waals surface area contributed by atoms with Gasteiger partial charge in [-0.2, -0.15) is 0 Å². The summed E-state index contributed by atoms with van der Waals surface area (Å²) in [5, 5.41) is 0.609. The normalized spacial score (nSPS) is 10.2. The van der Waals surface area contributed by atoms with Gasteiger partial charge in [0.05, 0.1) is 12.2 Å². The Morgan fingerprint density at radius 1 is 1.38 bits per heavy atom. The predicted molar refractivity (Wildman–Crippen MR) is 82.6 cm³/mol. The van der Waals surface area contributed by atoms with Crippen LogP contribution in [0, 0.1) is 0 Å². The highest BCUT2D eigenvalue weighted by Gasteiger charge is 2.15. The lowest BCUT2D eigenvalue weighted by Gasteiger charge is -2.17. The van der Waals surface area contributed by atoms with Crippen molar-refractivity contribution in [2.75, 3.05) is 25.9 Å². The Bertz CT molecular complexity index is 634. The van der Waals surface area contributed by atoms with E-state index < -0.39 is 0 Å². The summed E-state index contributed by atoms with van der Waals surface area (Å²) in [6.45, 7) is 0.774. The third-order valence-electron chi connectivity index (χ3n) is 2.88. The van der Waals surface area contributed by atoms with Gasteiger partial charge < -0.3 is 15.4 Å². The number of halogens is 1. The SMILES string of the molecule is CN(CCOc1cccc(Cl)c1)C(=O)c1ncccc1N. The van der Waals surface area contributed by atoms with Crippen molar-refractivity contribution >= 4 is 23.2 Å². The molecule has 0 fully saturated rings. The highest BCUT2D eigenvalue weighted by atomic mass is 35.5. The minimum Gasteiger partial charge on any atom is -0.492 e. The summed E-state index contributed by atoms with van der Waals surface area (Å²) in [7, 11) is 1.68. The molecule has 1 heterocycles. The fraction of sp³-hybridized carbons (Fsp3) is 0.200. The average molecular weight is 306 g/mol. The van der Waals surface area contributed by atoms with E-state index in [1.807, 2.05) is 6.07 Å². The van der Waals surface area contributed by atoms with Crippen LogP contribution in [-0.2, 0) is 0 Å². The van der Waals surface area contributed by atoms with Gasteiger partial charge in [0.25, 0.3) is 5.91 Å². The molecule has 0 aliphatic heterocycles. The first-order valence-corrected chi connectivity index (χ1v) is 6.80. The summed E-state index contributed by atoms with van der Waals surface area (Å²) in [4.78, 5) is 17.7. The van der Waals surface area contributed by atoms with Crippen LogP contribution in [-0.4, -0.2) is 36.0 Å². The van der Waals surface area contributed by atoms with Crippen LogP contribution >= 0.6 is 11.6 Å². The van der Waals surface area contributed by atoms with Gasteiger partial charge in [-0.1, -0.05) is 17.7 Å². The number of anilines is 1. The van der Waals surface area contributed by atoms with Gasteiger partial charge in [0, 0.05) is 18.3 Å². The molecule has 1 aromatic carbocycles. The minimum absolute atomic E-state index is 0.234. The van der Waals surface area contributed by atoms with Crippen molar-refractivity contribution in [2.45, 2.75) is 0 Å². The molecular weight excluding hydrogens is 290 g/mol. The Balaban J connectivity index is 1.89. The number of hydrogen-bond donors (Lipinski definition) is 1. The summed E-state index contributed by atoms with van der Waals surface area (Å²) in [5.74, 6) is 0.434. The van der Waals surface area contributed by atoms with Crippen molar-refractivity contribution in [2.24, 2.45) is 0 Å². The molecule has 0 unspecified atom stereocenters. The van der Waals surface area contributed by atoms with Crippen molar-refractivity contribution in [3.05, 3.63) is 53.3 Å². The lowest BCUT2D eigenvalue weighted by Crippen LogP contribution is -2.32. The van der Waals surface area contributed by atoms with E-state index in [0.29, 0.717) is 29.6 Å². The van der Waals surface area contributed by atoms with E-state index in [4.69, 9.17) is 22.1 Å². The number of aromatic nitrogens is 1. The Labute approximate surface area is 128 Å². The molecule has 21 heavy (non-hydrogen) atoms. The Kier molecular flexibility index (Phi) is 5.00. The number of ether oxygens (including phenoxy) is 1. The number of amides is 1. The number of benzene rings is 1. The van der Waals surface area contributed by atoms with E-state index in [1.54, 1.807) is 43.6 Å². The second-order valence-electron chi connectivity index (χ2n) is 4.47. The maximum atomic E-state index is 12.2. The quantitative estimate of drug-likeness (QED) is 0.921. The second kappa shape index (κ2) is 6.95. The molecule has 0 saturated heterocycles. The van der Waals surface area contributed by atoms with Gasteiger partial charge in [-0.15, -0.1) is 0 Å².